The van der Waals surface area contributed by atoms with Gasteiger partial charge in [-0.2, -0.15) is 0 Å². The zero-order valence-corrected chi connectivity index (χ0v) is 14.4. The quantitative estimate of drug-likeness (QED) is 0.755. The summed E-state index contributed by atoms with van der Waals surface area (Å²) in [6, 6.07) is 4.49. The molecule has 0 unspecified atom stereocenters. The second-order valence-corrected chi connectivity index (χ2v) is 5.65. The van der Waals surface area contributed by atoms with Crippen molar-refractivity contribution in [1.29, 1.82) is 0 Å². The van der Waals surface area contributed by atoms with Crippen molar-refractivity contribution >= 4 is 41.0 Å². The molecule has 1 rings (SSSR count). The largest absolute Gasteiger partial charge is 0.469 e. The highest BCUT2D eigenvalue weighted by Crippen LogP contribution is 2.20. The minimum absolute atomic E-state index is 0.160. The number of amides is 2. The SMILES string of the molecule is COC(=O)CCCN(C)C(=O)CNC(=O)c1ccc(Cl)cc1Cl. The Hall–Kier alpha value is -1.79. The van der Waals surface area contributed by atoms with Crippen LogP contribution in [0.4, 0.5) is 0 Å². The predicted octanol–water partition coefficient (Wildman–Crippen LogP) is 2.13. The summed E-state index contributed by atoms with van der Waals surface area (Å²) >= 11 is 11.7. The number of hydrogen-bond acceptors (Lipinski definition) is 4. The van der Waals surface area contributed by atoms with Gasteiger partial charge in [-0.15, -0.1) is 0 Å². The van der Waals surface area contributed by atoms with Gasteiger partial charge in [0.25, 0.3) is 5.91 Å². The van der Waals surface area contributed by atoms with E-state index in [1.807, 2.05) is 0 Å². The molecule has 0 aliphatic heterocycles. The molecule has 0 bridgehead atoms. The van der Waals surface area contributed by atoms with Gasteiger partial charge in [0.1, 0.15) is 0 Å². The highest BCUT2D eigenvalue weighted by molar-refractivity contribution is 6.36. The third-order valence-electron chi connectivity index (χ3n) is 3.10. The summed E-state index contributed by atoms with van der Waals surface area (Å²) in [7, 11) is 2.91. The molecular weight excluding hydrogens is 343 g/mol. The van der Waals surface area contributed by atoms with Crippen molar-refractivity contribution in [1.82, 2.24) is 10.2 Å². The number of carbonyl (C=O) groups excluding carboxylic acids is 3. The van der Waals surface area contributed by atoms with Gasteiger partial charge < -0.3 is 15.0 Å². The Morgan fingerprint density at radius 2 is 1.96 bits per heavy atom. The maximum absolute atomic E-state index is 12.0. The van der Waals surface area contributed by atoms with E-state index in [2.05, 4.69) is 10.1 Å². The lowest BCUT2D eigenvalue weighted by molar-refractivity contribution is -0.141. The van der Waals surface area contributed by atoms with Crippen molar-refractivity contribution in [2.45, 2.75) is 12.8 Å². The summed E-state index contributed by atoms with van der Waals surface area (Å²) in [5.74, 6) is -1.05. The van der Waals surface area contributed by atoms with Crippen LogP contribution in [-0.4, -0.2) is 49.9 Å². The van der Waals surface area contributed by atoms with Crippen LogP contribution in [0.1, 0.15) is 23.2 Å². The average molecular weight is 361 g/mol. The van der Waals surface area contributed by atoms with Crippen LogP contribution in [0, 0.1) is 0 Å². The van der Waals surface area contributed by atoms with Gasteiger partial charge >= 0.3 is 5.97 Å². The van der Waals surface area contributed by atoms with E-state index in [9.17, 15) is 14.4 Å². The van der Waals surface area contributed by atoms with Gasteiger partial charge in [0.05, 0.1) is 24.2 Å². The molecule has 8 heteroatoms. The van der Waals surface area contributed by atoms with Gasteiger partial charge in [-0.25, -0.2) is 0 Å². The molecule has 0 aliphatic rings. The van der Waals surface area contributed by atoms with Crippen molar-refractivity contribution in [3.05, 3.63) is 33.8 Å². The molecule has 0 saturated heterocycles. The van der Waals surface area contributed by atoms with Gasteiger partial charge in [0.2, 0.25) is 5.91 Å². The molecule has 0 aromatic heterocycles. The second kappa shape index (κ2) is 9.37. The molecule has 0 atom stereocenters. The van der Waals surface area contributed by atoms with Gasteiger partial charge in [-0.1, -0.05) is 23.2 Å². The van der Waals surface area contributed by atoms with Crippen LogP contribution in [0.15, 0.2) is 18.2 Å². The number of rotatable bonds is 7. The Bertz CT molecular complexity index is 593. The molecule has 1 aromatic carbocycles. The Labute approximate surface area is 144 Å². The van der Waals surface area contributed by atoms with Crippen LogP contribution in [0.3, 0.4) is 0 Å². The number of nitrogens with zero attached hydrogens (tertiary/aromatic N) is 1. The molecule has 0 spiro atoms. The number of esters is 1. The van der Waals surface area contributed by atoms with Crippen LogP contribution in [0.25, 0.3) is 0 Å². The third kappa shape index (κ3) is 6.46. The highest BCUT2D eigenvalue weighted by Gasteiger charge is 2.14. The van der Waals surface area contributed by atoms with Crippen LogP contribution in [0.2, 0.25) is 10.0 Å². The number of carbonyl (C=O) groups is 3. The lowest BCUT2D eigenvalue weighted by Gasteiger charge is -2.17. The van der Waals surface area contributed by atoms with Gasteiger partial charge in [-0.3, -0.25) is 14.4 Å². The predicted molar refractivity (Wildman–Crippen MR) is 87.7 cm³/mol. The normalized spacial score (nSPS) is 10.1. The molecule has 0 radical (unpaired) electrons. The number of hydrogen-bond donors (Lipinski definition) is 1. The maximum Gasteiger partial charge on any atom is 0.305 e. The number of likely N-dealkylation sites (N-methyl/N-ethyl adjacent to an activating group) is 1. The standard InChI is InChI=1S/C15H18Cl2N2O4/c1-19(7-3-4-14(21)23-2)13(20)9-18-15(22)11-6-5-10(16)8-12(11)17/h5-6,8H,3-4,7,9H2,1-2H3,(H,18,22). The summed E-state index contributed by atoms with van der Waals surface area (Å²) in [5.41, 5.74) is 0.247. The Morgan fingerprint density at radius 3 is 2.57 bits per heavy atom. The van der Waals surface area contributed by atoms with Crippen molar-refractivity contribution in [3.63, 3.8) is 0 Å². The van der Waals surface area contributed by atoms with Crippen LogP contribution < -0.4 is 5.32 Å². The first-order valence-corrected chi connectivity index (χ1v) is 7.64. The smallest absolute Gasteiger partial charge is 0.305 e. The summed E-state index contributed by atoms with van der Waals surface area (Å²) < 4.78 is 4.52. The zero-order chi connectivity index (χ0) is 17.4. The molecule has 0 heterocycles. The van der Waals surface area contributed by atoms with E-state index in [0.29, 0.717) is 18.0 Å². The lowest BCUT2D eigenvalue weighted by Crippen LogP contribution is -2.38. The molecule has 0 fully saturated rings. The Balaban J connectivity index is 2.42. The summed E-state index contributed by atoms with van der Waals surface area (Å²) in [4.78, 5) is 36.3. The molecule has 6 nitrogen and oxygen atoms in total. The van der Waals surface area contributed by atoms with Crippen LogP contribution >= 0.6 is 23.2 Å². The van der Waals surface area contributed by atoms with E-state index < -0.39 is 5.91 Å². The molecule has 0 saturated carbocycles. The Kier molecular flexibility index (Phi) is 7.85. The van der Waals surface area contributed by atoms with Crippen LogP contribution in [-0.2, 0) is 14.3 Å². The highest BCUT2D eigenvalue weighted by atomic mass is 35.5. The van der Waals surface area contributed by atoms with E-state index in [0.717, 1.165) is 0 Å². The maximum atomic E-state index is 12.0. The van der Waals surface area contributed by atoms with E-state index in [1.54, 1.807) is 13.1 Å². The molecule has 1 N–H and O–H groups in total. The Morgan fingerprint density at radius 1 is 1.26 bits per heavy atom. The van der Waals surface area contributed by atoms with Gasteiger partial charge in [0.15, 0.2) is 0 Å². The third-order valence-corrected chi connectivity index (χ3v) is 3.65. The first-order valence-electron chi connectivity index (χ1n) is 6.89. The van der Waals surface area contributed by atoms with Crippen molar-refractivity contribution in [2.24, 2.45) is 0 Å². The molecule has 126 valence electrons. The molecule has 0 aliphatic carbocycles. The number of methoxy groups -OCH3 is 1. The van der Waals surface area contributed by atoms with E-state index in [1.165, 1.54) is 24.1 Å². The fourth-order valence-corrected chi connectivity index (χ4v) is 2.24. The minimum Gasteiger partial charge on any atom is -0.469 e. The first-order chi connectivity index (χ1) is 10.8. The molecule has 23 heavy (non-hydrogen) atoms. The topological polar surface area (TPSA) is 75.7 Å². The number of halogens is 2. The van der Waals surface area contributed by atoms with E-state index >= 15 is 0 Å². The first kappa shape index (κ1) is 19.3. The fraction of sp³-hybridized carbons (Fsp3) is 0.400. The summed E-state index contributed by atoms with van der Waals surface area (Å²) in [6.45, 7) is 0.234. The minimum atomic E-state index is -0.456. The number of ether oxygens (including phenoxy) is 1. The van der Waals surface area contributed by atoms with Gasteiger partial charge in [0, 0.05) is 25.0 Å². The monoisotopic (exact) mass is 360 g/mol. The molecular formula is C15H18Cl2N2O4. The summed E-state index contributed by atoms with van der Waals surface area (Å²) in [5, 5.41) is 3.14. The molecule has 1 aromatic rings. The fourth-order valence-electron chi connectivity index (χ4n) is 1.75. The number of benzene rings is 1. The van der Waals surface area contributed by atoms with Gasteiger partial charge in [-0.05, 0) is 24.6 Å². The van der Waals surface area contributed by atoms with E-state index in [-0.39, 0.29) is 35.4 Å². The second-order valence-electron chi connectivity index (χ2n) is 4.80. The van der Waals surface area contributed by atoms with Crippen molar-refractivity contribution < 1.29 is 19.1 Å². The van der Waals surface area contributed by atoms with E-state index in [4.69, 9.17) is 23.2 Å². The summed E-state index contributed by atoms with van der Waals surface area (Å²) in [6.07, 6.45) is 0.729. The van der Waals surface area contributed by atoms with Crippen molar-refractivity contribution in [2.75, 3.05) is 27.2 Å². The number of nitrogens with one attached hydrogen (secondary N) is 1. The average Bonchev–Trinajstić information content (AvgIpc) is 2.51. The van der Waals surface area contributed by atoms with Crippen LogP contribution in [0.5, 0.6) is 0 Å². The zero-order valence-electron chi connectivity index (χ0n) is 12.9. The lowest BCUT2D eigenvalue weighted by atomic mass is 10.2. The van der Waals surface area contributed by atoms with Crippen molar-refractivity contribution in [3.8, 4) is 0 Å². The molecule has 2 amide bonds.